The Labute approximate surface area is 167 Å². The molecular weight excluding hydrogens is 390 g/mol. The zero-order valence-electron chi connectivity index (χ0n) is 15.3. The van der Waals surface area contributed by atoms with Crippen LogP contribution in [0.2, 0.25) is 0 Å². The molecule has 2 aliphatic heterocycles. The summed E-state index contributed by atoms with van der Waals surface area (Å²) < 4.78 is 29.9. The SMILES string of the molecule is O=c1ccc(-c2cccnc2)nn1CC1CN(C2=NS(=O)(=O)c3ccccc32)C1. The molecule has 2 aromatic heterocycles. The third-order valence-corrected chi connectivity index (χ3v) is 6.45. The molecule has 0 unspecified atom stereocenters. The molecule has 8 nitrogen and oxygen atoms in total. The van der Waals surface area contributed by atoms with Gasteiger partial charge in [-0.15, -0.1) is 4.40 Å². The zero-order chi connectivity index (χ0) is 20.0. The third kappa shape index (κ3) is 3.13. The van der Waals surface area contributed by atoms with Crippen LogP contribution in [-0.4, -0.2) is 47.0 Å². The van der Waals surface area contributed by atoms with Crippen molar-refractivity contribution >= 4 is 15.9 Å². The summed E-state index contributed by atoms with van der Waals surface area (Å²) in [6.07, 6.45) is 3.39. The second kappa shape index (κ2) is 6.63. The zero-order valence-corrected chi connectivity index (χ0v) is 16.2. The number of hydrogen-bond donors (Lipinski definition) is 0. The number of fused-ring (bicyclic) bond motifs is 1. The van der Waals surface area contributed by atoms with Crippen molar-refractivity contribution in [2.24, 2.45) is 10.3 Å². The standard InChI is InChI=1S/C20H17N5O3S/c26-19-8-7-17(15-4-3-9-21-10-15)22-25(19)13-14-11-24(12-14)20-16-5-1-2-6-18(16)29(27,28)23-20/h1-10,14H,11-13H2. The van der Waals surface area contributed by atoms with Gasteiger partial charge in [-0.3, -0.25) is 9.78 Å². The number of benzene rings is 1. The van der Waals surface area contributed by atoms with E-state index in [9.17, 15) is 13.2 Å². The normalized spacial score (nSPS) is 17.5. The van der Waals surface area contributed by atoms with Gasteiger partial charge in [-0.05, 0) is 30.3 Å². The lowest BCUT2D eigenvalue weighted by atomic mass is 9.98. The van der Waals surface area contributed by atoms with Gasteiger partial charge in [-0.25, -0.2) is 4.68 Å². The van der Waals surface area contributed by atoms with Crippen LogP contribution in [0.4, 0.5) is 0 Å². The summed E-state index contributed by atoms with van der Waals surface area (Å²) in [5.74, 6) is 0.670. The van der Waals surface area contributed by atoms with E-state index >= 15 is 0 Å². The van der Waals surface area contributed by atoms with Gasteiger partial charge < -0.3 is 4.90 Å². The van der Waals surface area contributed by atoms with Gasteiger partial charge in [-0.1, -0.05) is 12.1 Å². The first kappa shape index (κ1) is 17.7. The second-order valence-corrected chi connectivity index (χ2v) is 8.71. The molecular formula is C20H17N5O3S. The van der Waals surface area contributed by atoms with E-state index < -0.39 is 10.0 Å². The number of sulfonamides is 1. The first-order chi connectivity index (χ1) is 14.0. The minimum absolute atomic E-state index is 0.165. The minimum atomic E-state index is -3.62. The van der Waals surface area contributed by atoms with Gasteiger partial charge >= 0.3 is 0 Å². The fraction of sp³-hybridized carbons (Fsp3) is 0.200. The van der Waals surface area contributed by atoms with E-state index in [0.717, 1.165) is 5.56 Å². The highest BCUT2D eigenvalue weighted by Crippen LogP contribution is 2.30. The van der Waals surface area contributed by atoms with Crippen molar-refractivity contribution in [2.75, 3.05) is 13.1 Å². The summed E-state index contributed by atoms with van der Waals surface area (Å²) in [6, 6.07) is 13.8. The maximum Gasteiger partial charge on any atom is 0.285 e. The Kier molecular flexibility index (Phi) is 4.06. The van der Waals surface area contributed by atoms with Crippen LogP contribution in [-0.2, 0) is 16.6 Å². The molecule has 3 aromatic rings. The lowest BCUT2D eigenvalue weighted by molar-refractivity contribution is 0.162. The number of likely N-dealkylation sites (tertiary alicyclic amines) is 1. The van der Waals surface area contributed by atoms with Crippen LogP contribution in [0.25, 0.3) is 11.3 Å². The van der Waals surface area contributed by atoms with Gasteiger partial charge in [0.1, 0.15) is 4.90 Å². The Bertz CT molecular complexity index is 1280. The van der Waals surface area contributed by atoms with Crippen molar-refractivity contribution < 1.29 is 8.42 Å². The molecule has 0 radical (unpaired) electrons. The molecule has 0 bridgehead atoms. The molecule has 0 aliphatic carbocycles. The van der Waals surface area contributed by atoms with Gasteiger partial charge in [0.15, 0.2) is 5.84 Å². The topological polar surface area (TPSA) is 97.5 Å². The van der Waals surface area contributed by atoms with Gasteiger partial charge in [0.05, 0.1) is 12.2 Å². The van der Waals surface area contributed by atoms with Crippen molar-refractivity contribution in [3.63, 3.8) is 0 Å². The van der Waals surface area contributed by atoms with Gasteiger partial charge in [0, 0.05) is 48.6 Å². The van der Waals surface area contributed by atoms with Crippen LogP contribution in [0.1, 0.15) is 5.56 Å². The maximum absolute atomic E-state index is 12.2. The van der Waals surface area contributed by atoms with Crippen molar-refractivity contribution in [3.8, 4) is 11.3 Å². The van der Waals surface area contributed by atoms with E-state index in [-0.39, 0.29) is 16.4 Å². The predicted molar refractivity (Wildman–Crippen MR) is 107 cm³/mol. The molecule has 2 aliphatic rings. The summed E-state index contributed by atoms with van der Waals surface area (Å²) in [6.45, 7) is 1.70. The van der Waals surface area contributed by atoms with Crippen LogP contribution in [0.15, 0.2) is 75.0 Å². The average molecular weight is 407 g/mol. The quantitative estimate of drug-likeness (QED) is 0.651. The number of hydrogen-bond acceptors (Lipinski definition) is 6. The fourth-order valence-electron chi connectivity index (χ4n) is 3.67. The number of amidine groups is 1. The van der Waals surface area contributed by atoms with Crippen molar-refractivity contribution in [2.45, 2.75) is 11.4 Å². The molecule has 9 heteroatoms. The molecule has 29 heavy (non-hydrogen) atoms. The number of nitrogens with zero attached hydrogens (tertiary/aromatic N) is 5. The monoisotopic (exact) mass is 407 g/mol. The molecule has 4 heterocycles. The Hall–Kier alpha value is -3.33. The largest absolute Gasteiger partial charge is 0.355 e. The fourth-order valence-corrected chi connectivity index (χ4v) is 4.89. The molecule has 0 spiro atoms. The number of rotatable bonds is 3. The highest BCUT2D eigenvalue weighted by molar-refractivity contribution is 7.90. The smallest absolute Gasteiger partial charge is 0.285 e. The first-order valence-corrected chi connectivity index (χ1v) is 10.6. The summed E-state index contributed by atoms with van der Waals surface area (Å²) in [5, 5.41) is 4.47. The van der Waals surface area contributed by atoms with E-state index in [4.69, 9.17) is 0 Å². The molecule has 0 N–H and O–H groups in total. The van der Waals surface area contributed by atoms with E-state index in [2.05, 4.69) is 14.5 Å². The van der Waals surface area contributed by atoms with E-state index in [1.807, 2.05) is 17.0 Å². The number of aromatic nitrogens is 3. The lowest BCUT2D eigenvalue weighted by Crippen LogP contribution is -2.52. The Morgan fingerprint density at radius 3 is 2.66 bits per heavy atom. The minimum Gasteiger partial charge on any atom is -0.355 e. The van der Waals surface area contributed by atoms with Gasteiger partial charge in [-0.2, -0.15) is 13.5 Å². The summed E-state index contributed by atoms with van der Waals surface area (Å²) in [5.41, 5.74) is 2.01. The summed E-state index contributed by atoms with van der Waals surface area (Å²) in [7, 11) is -3.62. The van der Waals surface area contributed by atoms with Gasteiger partial charge in [0.25, 0.3) is 15.6 Å². The van der Waals surface area contributed by atoms with Crippen molar-refractivity contribution in [1.82, 2.24) is 19.7 Å². The Balaban J connectivity index is 1.33. The summed E-state index contributed by atoms with van der Waals surface area (Å²) >= 11 is 0. The lowest BCUT2D eigenvalue weighted by Gasteiger charge is -2.40. The van der Waals surface area contributed by atoms with Crippen LogP contribution >= 0.6 is 0 Å². The highest BCUT2D eigenvalue weighted by atomic mass is 32.2. The molecule has 0 atom stereocenters. The Morgan fingerprint density at radius 1 is 1.03 bits per heavy atom. The van der Waals surface area contributed by atoms with Crippen LogP contribution in [0.5, 0.6) is 0 Å². The van der Waals surface area contributed by atoms with E-state index in [1.54, 1.807) is 42.7 Å². The Morgan fingerprint density at radius 2 is 1.86 bits per heavy atom. The summed E-state index contributed by atoms with van der Waals surface area (Å²) in [4.78, 5) is 18.5. The van der Waals surface area contributed by atoms with E-state index in [1.165, 1.54) is 10.7 Å². The van der Waals surface area contributed by atoms with Crippen molar-refractivity contribution in [3.05, 3.63) is 76.8 Å². The molecule has 0 saturated carbocycles. The van der Waals surface area contributed by atoms with Crippen LogP contribution < -0.4 is 5.56 Å². The molecule has 1 fully saturated rings. The maximum atomic E-state index is 12.2. The highest BCUT2D eigenvalue weighted by Gasteiger charge is 2.37. The van der Waals surface area contributed by atoms with Crippen molar-refractivity contribution in [1.29, 1.82) is 0 Å². The van der Waals surface area contributed by atoms with E-state index in [0.29, 0.717) is 36.7 Å². The average Bonchev–Trinajstić information content (AvgIpc) is 2.97. The molecule has 5 rings (SSSR count). The van der Waals surface area contributed by atoms with Gasteiger partial charge in [0.2, 0.25) is 0 Å². The number of pyridine rings is 1. The molecule has 1 saturated heterocycles. The molecule has 146 valence electrons. The second-order valence-electron chi connectivity index (χ2n) is 7.14. The predicted octanol–water partition coefficient (Wildman–Crippen LogP) is 1.39. The third-order valence-electron chi connectivity index (χ3n) is 5.12. The first-order valence-electron chi connectivity index (χ1n) is 9.19. The molecule has 0 amide bonds. The van der Waals surface area contributed by atoms with Crippen LogP contribution in [0, 0.1) is 5.92 Å². The molecule has 1 aromatic carbocycles. The van der Waals surface area contributed by atoms with Crippen LogP contribution in [0.3, 0.4) is 0 Å².